The second-order valence-electron chi connectivity index (χ2n) is 5.70. The van der Waals surface area contributed by atoms with Crippen LogP contribution in [0.25, 0.3) is 0 Å². The third-order valence-electron chi connectivity index (χ3n) is 3.93. The van der Waals surface area contributed by atoms with Crippen molar-refractivity contribution < 1.29 is 8.42 Å². The van der Waals surface area contributed by atoms with Gasteiger partial charge in [-0.15, -0.1) is 0 Å². The van der Waals surface area contributed by atoms with Gasteiger partial charge in [0.1, 0.15) is 0 Å². The Labute approximate surface area is 138 Å². The summed E-state index contributed by atoms with van der Waals surface area (Å²) in [5.74, 6) is 0.714. The molecule has 0 amide bonds. The number of hydrogen-bond acceptors (Lipinski definition) is 3. The lowest BCUT2D eigenvalue weighted by atomic mass is 10.2. The number of sulfone groups is 1. The normalized spacial score (nSPS) is 17.2. The summed E-state index contributed by atoms with van der Waals surface area (Å²) in [4.78, 5) is 4.58. The summed E-state index contributed by atoms with van der Waals surface area (Å²) in [6.07, 6.45) is 6.93. The number of nitrogens with one attached hydrogen (secondary N) is 2. The van der Waals surface area contributed by atoms with Crippen LogP contribution in [0.15, 0.2) is 52.4 Å². The lowest BCUT2D eigenvalue weighted by molar-refractivity contribution is 0.561. The van der Waals surface area contributed by atoms with Gasteiger partial charge in [0.05, 0.1) is 10.6 Å². The van der Waals surface area contributed by atoms with E-state index in [2.05, 4.69) is 27.8 Å². The lowest BCUT2D eigenvalue weighted by Crippen LogP contribution is -2.48. The smallest absolute Gasteiger partial charge is 0.191 e. The summed E-state index contributed by atoms with van der Waals surface area (Å²) < 4.78 is 25.0. The van der Waals surface area contributed by atoms with Crippen LogP contribution < -0.4 is 10.6 Å². The van der Waals surface area contributed by atoms with Crippen LogP contribution in [-0.2, 0) is 9.84 Å². The van der Waals surface area contributed by atoms with Gasteiger partial charge in [0.25, 0.3) is 0 Å². The summed E-state index contributed by atoms with van der Waals surface area (Å²) in [6, 6.07) is 8.74. The molecule has 2 rings (SSSR count). The first-order chi connectivity index (χ1) is 11.0. The van der Waals surface area contributed by atoms with Crippen molar-refractivity contribution in [2.45, 2.75) is 43.2 Å². The fraction of sp³-hybridized carbons (Fsp3) is 0.471. The van der Waals surface area contributed by atoms with Gasteiger partial charge in [-0.1, -0.05) is 37.3 Å². The quantitative estimate of drug-likeness (QED) is 0.475. The molecule has 1 aromatic carbocycles. The van der Waals surface area contributed by atoms with Crippen LogP contribution in [0.4, 0.5) is 0 Å². The number of benzene rings is 1. The predicted octanol–water partition coefficient (Wildman–Crippen LogP) is 2.12. The zero-order valence-corrected chi connectivity index (χ0v) is 14.5. The van der Waals surface area contributed by atoms with E-state index in [-0.39, 0.29) is 11.8 Å². The maximum absolute atomic E-state index is 12.5. The zero-order valence-electron chi connectivity index (χ0n) is 13.7. The molecule has 0 bridgehead atoms. The Kier molecular flexibility index (Phi) is 6.21. The molecule has 0 aliphatic heterocycles. The molecule has 0 radical (unpaired) electrons. The maximum Gasteiger partial charge on any atom is 0.191 e. The summed E-state index contributed by atoms with van der Waals surface area (Å²) in [7, 11) is -1.61. The molecule has 1 aliphatic carbocycles. The summed E-state index contributed by atoms with van der Waals surface area (Å²) in [6.45, 7) is 1.97. The molecule has 6 heteroatoms. The molecule has 0 spiro atoms. The van der Waals surface area contributed by atoms with Crippen molar-refractivity contribution in [3.8, 4) is 0 Å². The molecule has 1 atom stereocenters. The van der Waals surface area contributed by atoms with Gasteiger partial charge in [0, 0.05) is 19.1 Å². The van der Waals surface area contributed by atoms with Crippen LogP contribution >= 0.6 is 0 Å². The highest BCUT2D eigenvalue weighted by Gasteiger charge is 2.21. The van der Waals surface area contributed by atoms with Crippen molar-refractivity contribution >= 4 is 15.8 Å². The van der Waals surface area contributed by atoms with Crippen LogP contribution in [0.1, 0.15) is 26.2 Å². The fourth-order valence-electron chi connectivity index (χ4n) is 2.54. The molecule has 2 N–H and O–H groups in total. The van der Waals surface area contributed by atoms with Crippen LogP contribution in [0, 0.1) is 0 Å². The minimum Gasteiger partial charge on any atom is -0.353 e. The second-order valence-corrected chi connectivity index (χ2v) is 7.73. The molecule has 0 heterocycles. The fourth-order valence-corrected chi connectivity index (χ4v) is 4.16. The van der Waals surface area contributed by atoms with Gasteiger partial charge in [-0.25, -0.2) is 8.42 Å². The molecule has 1 aliphatic rings. The molecule has 23 heavy (non-hydrogen) atoms. The molecule has 1 unspecified atom stereocenters. The van der Waals surface area contributed by atoms with Crippen LogP contribution in [0.3, 0.4) is 0 Å². The number of aliphatic imine (C=N–C) groups is 1. The van der Waals surface area contributed by atoms with Gasteiger partial charge in [0.2, 0.25) is 0 Å². The van der Waals surface area contributed by atoms with Crippen molar-refractivity contribution in [3.63, 3.8) is 0 Å². The van der Waals surface area contributed by atoms with E-state index in [4.69, 9.17) is 0 Å². The SMILES string of the molecule is CCC(CS(=O)(=O)c1ccccc1)NC(=NC)NC1CC=CC1. The van der Waals surface area contributed by atoms with Crippen molar-refractivity contribution in [3.05, 3.63) is 42.5 Å². The molecular weight excluding hydrogens is 310 g/mol. The average molecular weight is 335 g/mol. The van der Waals surface area contributed by atoms with Crippen molar-refractivity contribution in [2.75, 3.05) is 12.8 Å². The minimum absolute atomic E-state index is 0.0527. The van der Waals surface area contributed by atoms with Gasteiger partial charge < -0.3 is 10.6 Å². The predicted molar refractivity (Wildman–Crippen MR) is 94.4 cm³/mol. The van der Waals surface area contributed by atoms with E-state index in [1.54, 1.807) is 31.3 Å². The van der Waals surface area contributed by atoms with E-state index in [1.165, 1.54) is 0 Å². The molecular formula is C17H25N3O2S. The topological polar surface area (TPSA) is 70.6 Å². The third-order valence-corrected chi connectivity index (χ3v) is 5.76. The Balaban J connectivity index is 1.99. The lowest BCUT2D eigenvalue weighted by Gasteiger charge is -2.22. The van der Waals surface area contributed by atoms with Gasteiger partial charge in [-0.05, 0) is 31.4 Å². The molecule has 0 saturated heterocycles. The number of nitrogens with zero attached hydrogens (tertiary/aromatic N) is 1. The first kappa shape index (κ1) is 17.5. The molecule has 0 saturated carbocycles. The first-order valence-corrected chi connectivity index (χ1v) is 9.63. The summed E-state index contributed by atoms with van der Waals surface area (Å²) in [5, 5.41) is 6.58. The second kappa shape index (κ2) is 8.15. The Morgan fingerprint density at radius 3 is 2.48 bits per heavy atom. The Morgan fingerprint density at radius 2 is 1.91 bits per heavy atom. The van der Waals surface area contributed by atoms with Gasteiger partial charge in [0.15, 0.2) is 15.8 Å². The highest BCUT2D eigenvalue weighted by atomic mass is 32.2. The van der Waals surface area contributed by atoms with E-state index in [0.29, 0.717) is 23.3 Å². The molecule has 0 fully saturated rings. The number of hydrogen-bond donors (Lipinski definition) is 2. The summed E-state index contributed by atoms with van der Waals surface area (Å²) in [5.41, 5.74) is 0. The van der Waals surface area contributed by atoms with E-state index in [1.807, 2.05) is 13.0 Å². The van der Waals surface area contributed by atoms with Crippen molar-refractivity contribution in [1.29, 1.82) is 0 Å². The summed E-state index contributed by atoms with van der Waals surface area (Å²) >= 11 is 0. The van der Waals surface area contributed by atoms with E-state index < -0.39 is 9.84 Å². The average Bonchev–Trinajstić information content (AvgIpc) is 3.07. The standard InChI is InChI=1S/C17H25N3O2S/c1-3-14(13-23(21,22)16-11-5-4-6-12-16)19-17(18-2)20-15-9-7-8-10-15/h4-8,11-12,14-15H,3,9-10,13H2,1-2H3,(H2,18,19,20). The third kappa shape index (κ3) is 5.10. The molecule has 126 valence electrons. The molecule has 0 aromatic heterocycles. The zero-order chi connectivity index (χ0) is 16.7. The van der Waals surface area contributed by atoms with Crippen molar-refractivity contribution in [2.24, 2.45) is 4.99 Å². The highest BCUT2D eigenvalue weighted by molar-refractivity contribution is 7.91. The monoisotopic (exact) mass is 335 g/mol. The first-order valence-electron chi connectivity index (χ1n) is 7.97. The van der Waals surface area contributed by atoms with Gasteiger partial charge in [-0.3, -0.25) is 4.99 Å². The Morgan fingerprint density at radius 1 is 1.26 bits per heavy atom. The van der Waals surface area contributed by atoms with Crippen molar-refractivity contribution in [1.82, 2.24) is 10.6 Å². The Hall–Kier alpha value is -1.82. The van der Waals surface area contributed by atoms with Crippen LogP contribution in [-0.4, -0.2) is 39.3 Å². The maximum atomic E-state index is 12.5. The number of guanidine groups is 1. The van der Waals surface area contributed by atoms with Gasteiger partial charge >= 0.3 is 0 Å². The minimum atomic E-state index is -3.31. The Bertz CT molecular complexity index is 646. The largest absolute Gasteiger partial charge is 0.353 e. The van der Waals surface area contributed by atoms with E-state index in [0.717, 1.165) is 12.8 Å². The van der Waals surface area contributed by atoms with Crippen LogP contribution in [0.2, 0.25) is 0 Å². The highest BCUT2D eigenvalue weighted by Crippen LogP contribution is 2.13. The van der Waals surface area contributed by atoms with Crippen LogP contribution in [0.5, 0.6) is 0 Å². The molecule has 5 nitrogen and oxygen atoms in total. The van der Waals surface area contributed by atoms with E-state index in [9.17, 15) is 8.42 Å². The molecule has 1 aromatic rings. The number of rotatable bonds is 6. The van der Waals surface area contributed by atoms with E-state index >= 15 is 0 Å². The van der Waals surface area contributed by atoms with Gasteiger partial charge in [-0.2, -0.15) is 0 Å².